The first-order valence-corrected chi connectivity index (χ1v) is 9.54. The zero-order chi connectivity index (χ0) is 18.0. The van der Waals surface area contributed by atoms with E-state index in [9.17, 15) is 17.6 Å². The topological polar surface area (TPSA) is 80.5 Å². The Balaban J connectivity index is 1.65. The number of carbonyl (C=O) groups is 1. The minimum atomic E-state index is -3.11. The third-order valence-electron chi connectivity index (χ3n) is 3.54. The first-order valence-electron chi connectivity index (χ1n) is 7.48. The molecule has 1 amide bonds. The van der Waals surface area contributed by atoms with Crippen LogP contribution in [0.4, 0.5) is 4.39 Å². The van der Waals surface area contributed by atoms with Crippen LogP contribution in [0.15, 0.2) is 48.8 Å². The molecular weight excluding hydrogens is 345 g/mol. The molecule has 0 radical (unpaired) electrons. The van der Waals surface area contributed by atoms with E-state index in [1.807, 2.05) is 0 Å². The van der Waals surface area contributed by atoms with Gasteiger partial charge < -0.3 is 9.72 Å². The Morgan fingerprint density at radius 1 is 1.16 bits per heavy atom. The Labute approximate surface area is 144 Å². The summed E-state index contributed by atoms with van der Waals surface area (Å²) in [5.74, 6) is -0.726. The van der Waals surface area contributed by atoms with Crippen LogP contribution in [-0.4, -0.2) is 30.0 Å². The van der Waals surface area contributed by atoms with Crippen molar-refractivity contribution in [1.82, 2.24) is 14.7 Å². The lowest BCUT2D eigenvalue weighted by Crippen LogP contribution is -2.22. The van der Waals surface area contributed by atoms with Crippen molar-refractivity contribution in [2.75, 3.05) is 6.26 Å². The molecule has 130 valence electrons. The minimum absolute atomic E-state index is 0.0628. The quantitative estimate of drug-likeness (QED) is 0.753. The van der Waals surface area contributed by atoms with Crippen LogP contribution in [0.3, 0.4) is 0 Å². The van der Waals surface area contributed by atoms with Crippen molar-refractivity contribution < 1.29 is 17.6 Å². The number of hydrogen-bond acceptors (Lipinski definition) is 4. The average Bonchev–Trinajstić information content (AvgIpc) is 2.93. The van der Waals surface area contributed by atoms with E-state index in [0.29, 0.717) is 22.5 Å². The van der Waals surface area contributed by atoms with E-state index in [2.05, 4.69) is 10.3 Å². The molecule has 6 nitrogen and oxygen atoms in total. The molecular formula is C17H16FN3O3S. The Morgan fingerprint density at radius 3 is 2.56 bits per heavy atom. The monoisotopic (exact) mass is 361 g/mol. The highest BCUT2D eigenvalue weighted by Crippen LogP contribution is 2.09. The highest BCUT2D eigenvalue weighted by molar-refractivity contribution is 7.89. The van der Waals surface area contributed by atoms with Crippen LogP contribution >= 0.6 is 0 Å². The third-order valence-corrected chi connectivity index (χ3v) is 4.40. The third kappa shape index (κ3) is 4.42. The highest BCUT2D eigenvalue weighted by Gasteiger charge is 2.09. The summed E-state index contributed by atoms with van der Waals surface area (Å²) in [6, 6.07) is 9.26. The Morgan fingerprint density at radius 2 is 1.88 bits per heavy atom. The predicted molar refractivity (Wildman–Crippen MR) is 91.3 cm³/mol. The zero-order valence-corrected chi connectivity index (χ0v) is 14.3. The lowest BCUT2D eigenvalue weighted by Gasteiger charge is -2.05. The number of aromatic nitrogens is 2. The molecule has 3 aromatic rings. The molecule has 3 rings (SSSR count). The van der Waals surface area contributed by atoms with Gasteiger partial charge in [0.15, 0.2) is 9.84 Å². The van der Waals surface area contributed by atoms with Gasteiger partial charge in [-0.3, -0.25) is 4.79 Å². The molecule has 0 saturated carbocycles. The summed E-state index contributed by atoms with van der Waals surface area (Å²) in [5, 5.41) is 2.73. The summed E-state index contributed by atoms with van der Waals surface area (Å²) in [7, 11) is -3.11. The maximum Gasteiger partial charge on any atom is 0.251 e. The summed E-state index contributed by atoms with van der Waals surface area (Å²) in [6.45, 7) is 0.202. The standard InChI is InChI=1S/C17H16FN3O3S/c1-25(23,24)11-12-2-4-13(5-3-12)17(22)19-8-15-10-21-9-14(18)6-7-16(21)20-15/h2-7,9-10H,8,11H2,1H3,(H,19,22). The van der Waals surface area contributed by atoms with E-state index in [0.717, 1.165) is 6.26 Å². The van der Waals surface area contributed by atoms with E-state index >= 15 is 0 Å². The van der Waals surface area contributed by atoms with Gasteiger partial charge in [0.25, 0.3) is 5.91 Å². The molecule has 0 bridgehead atoms. The number of pyridine rings is 1. The maximum atomic E-state index is 13.2. The number of amides is 1. The number of carbonyl (C=O) groups excluding carboxylic acids is 1. The summed E-state index contributed by atoms with van der Waals surface area (Å²) in [4.78, 5) is 16.4. The van der Waals surface area contributed by atoms with Crippen molar-refractivity contribution in [2.45, 2.75) is 12.3 Å². The first-order chi connectivity index (χ1) is 11.8. The number of nitrogens with one attached hydrogen (secondary N) is 1. The maximum absolute atomic E-state index is 13.2. The van der Waals surface area contributed by atoms with E-state index in [4.69, 9.17) is 0 Å². The lowest BCUT2D eigenvalue weighted by atomic mass is 10.1. The van der Waals surface area contributed by atoms with Gasteiger partial charge in [-0.05, 0) is 29.8 Å². The van der Waals surface area contributed by atoms with Gasteiger partial charge >= 0.3 is 0 Å². The van der Waals surface area contributed by atoms with Crippen molar-refractivity contribution in [3.63, 3.8) is 0 Å². The number of benzene rings is 1. The average molecular weight is 361 g/mol. The van der Waals surface area contributed by atoms with Crippen LogP contribution < -0.4 is 5.32 Å². The molecule has 1 aromatic carbocycles. The Kier molecular flexibility index (Phi) is 4.54. The SMILES string of the molecule is CS(=O)(=O)Cc1ccc(C(=O)NCc2cn3cc(F)ccc3n2)cc1. The molecule has 0 atom stereocenters. The Hall–Kier alpha value is -2.74. The van der Waals surface area contributed by atoms with Gasteiger partial charge in [0, 0.05) is 24.2 Å². The summed E-state index contributed by atoms with van der Waals surface area (Å²) in [6.07, 6.45) is 4.12. The molecule has 2 heterocycles. The number of fused-ring (bicyclic) bond motifs is 1. The van der Waals surface area contributed by atoms with Gasteiger partial charge in [-0.15, -0.1) is 0 Å². The number of hydrogen-bond donors (Lipinski definition) is 1. The molecule has 0 unspecified atom stereocenters. The molecule has 25 heavy (non-hydrogen) atoms. The van der Waals surface area contributed by atoms with Crippen LogP contribution in [0.1, 0.15) is 21.6 Å². The molecule has 0 aliphatic heterocycles. The number of halogens is 1. The smallest absolute Gasteiger partial charge is 0.251 e. The largest absolute Gasteiger partial charge is 0.346 e. The fourth-order valence-electron chi connectivity index (χ4n) is 2.43. The van der Waals surface area contributed by atoms with Crippen LogP contribution in [-0.2, 0) is 22.1 Å². The molecule has 0 saturated heterocycles. The normalized spacial score (nSPS) is 11.6. The molecule has 1 N–H and O–H groups in total. The number of imidazole rings is 1. The van der Waals surface area contributed by atoms with Crippen LogP contribution in [0.5, 0.6) is 0 Å². The minimum Gasteiger partial charge on any atom is -0.346 e. The lowest BCUT2D eigenvalue weighted by molar-refractivity contribution is 0.0950. The molecule has 8 heteroatoms. The Bertz CT molecular complexity index is 1030. The first kappa shape index (κ1) is 17.1. The number of sulfone groups is 1. The molecule has 0 aliphatic rings. The van der Waals surface area contributed by atoms with Gasteiger partial charge in [-0.1, -0.05) is 12.1 Å². The number of rotatable bonds is 5. The van der Waals surface area contributed by atoms with Crippen molar-refractivity contribution >= 4 is 21.4 Å². The van der Waals surface area contributed by atoms with Crippen LogP contribution in [0, 0.1) is 5.82 Å². The highest BCUT2D eigenvalue weighted by atomic mass is 32.2. The predicted octanol–water partition coefficient (Wildman–Crippen LogP) is 1.95. The fourth-order valence-corrected chi connectivity index (χ4v) is 3.23. The van der Waals surface area contributed by atoms with Crippen LogP contribution in [0.2, 0.25) is 0 Å². The molecule has 0 aliphatic carbocycles. The van der Waals surface area contributed by atoms with E-state index < -0.39 is 9.84 Å². The van der Waals surface area contributed by atoms with Gasteiger partial charge in [-0.25, -0.2) is 17.8 Å². The van der Waals surface area contributed by atoms with E-state index in [1.54, 1.807) is 40.9 Å². The van der Waals surface area contributed by atoms with Crippen molar-refractivity contribution in [3.05, 3.63) is 71.4 Å². The fraction of sp³-hybridized carbons (Fsp3) is 0.176. The molecule has 2 aromatic heterocycles. The molecule has 0 spiro atoms. The van der Waals surface area contributed by atoms with E-state index in [-0.39, 0.29) is 24.0 Å². The van der Waals surface area contributed by atoms with Gasteiger partial charge in [0.05, 0.1) is 18.0 Å². The second-order valence-electron chi connectivity index (χ2n) is 5.79. The second kappa shape index (κ2) is 6.64. The summed E-state index contributed by atoms with van der Waals surface area (Å²) >= 11 is 0. The number of nitrogens with zero attached hydrogens (tertiary/aromatic N) is 2. The summed E-state index contributed by atoms with van der Waals surface area (Å²) < 4.78 is 37.2. The zero-order valence-electron chi connectivity index (χ0n) is 13.4. The van der Waals surface area contributed by atoms with Crippen molar-refractivity contribution in [2.24, 2.45) is 0 Å². The van der Waals surface area contributed by atoms with Gasteiger partial charge in [0.2, 0.25) is 0 Å². The van der Waals surface area contributed by atoms with Crippen molar-refractivity contribution in [1.29, 1.82) is 0 Å². The van der Waals surface area contributed by atoms with E-state index in [1.165, 1.54) is 12.3 Å². The molecule has 0 fully saturated rings. The second-order valence-corrected chi connectivity index (χ2v) is 7.93. The van der Waals surface area contributed by atoms with Crippen LogP contribution in [0.25, 0.3) is 5.65 Å². The van der Waals surface area contributed by atoms with Gasteiger partial charge in [-0.2, -0.15) is 0 Å². The van der Waals surface area contributed by atoms with Gasteiger partial charge in [0.1, 0.15) is 11.5 Å². The van der Waals surface area contributed by atoms with Crippen molar-refractivity contribution in [3.8, 4) is 0 Å². The summed E-state index contributed by atoms with van der Waals surface area (Å²) in [5.41, 5.74) is 2.25.